The van der Waals surface area contributed by atoms with E-state index in [2.05, 4.69) is 50.8 Å². The van der Waals surface area contributed by atoms with Gasteiger partial charge < -0.3 is 0 Å². The van der Waals surface area contributed by atoms with Crippen LogP contribution in [0, 0.1) is 6.92 Å². The number of hydrogen-bond acceptors (Lipinski definition) is 5. The van der Waals surface area contributed by atoms with Crippen molar-refractivity contribution in [3.63, 3.8) is 0 Å². The molecule has 0 saturated heterocycles. The van der Waals surface area contributed by atoms with Gasteiger partial charge >= 0.3 is 0 Å². The van der Waals surface area contributed by atoms with Crippen LogP contribution >= 0.6 is 11.8 Å². The Balaban J connectivity index is 1.69. The average Bonchev–Trinajstić information content (AvgIpc) is 3.17. The molecule has 0 aliphatic rings. The average molecular weight is 383 g/mol. The van der Waals surface area contributed by atoms with Crippen molar-refractivity contribution in [2.45, 2.75) is 17.8 Å². The van der Waals surface area contributed by atoms with Gasteiger partial charge in [-0.3, -0.25) is 9.38 Å². The summed E-state index contributed by atoms with van der Waals surface area (Å²) < 4.78 is 2.06. The fourth-order valence-electron chi connectivity index (χ4n) is 3.17. The highest BCUT2D eigenvalue weighted by molar-refractivity contribution is 7.98. The van der Waals surface area contributed by atoms with Gasteiger partial charge in [0.2, 0.25) is 0 Å². The number of para-hydroxylation sites is 1. The van der Waals surface area contributed by atoms with Crippen molar-refractivity contribution in [3.8, 4) is 11.4 Å². The summed E-state index contributed by atoms with van der Waals surface area (Å²) in [4.78, 5) is 9.35. The Hall–Kier alpha value is -3.25. The molecule has 0 amide bonds. The fraction of sp³-hybridized carbons (Fsp3) is 0.0909. The van der Waals surface area contributed by atoms with Gasteiger partial charge in [-0.1, -0.05) is 59.8 Å². The first-order chi connectivity index (χ1) is 13.8. The third-order valence-corrected chi connectivity index (χ3v) is 5.56. The molecule has 0 atom stereocenters. The zero-order valence-corrected chi connectivity index (χ0v) is 16.1. The number of nitrogens with zero attached hydrogens (tertiary/aromatic N) is 5. The lowest BCUT2D eigenvalue weighted by Gasteiger charge is -2.10. The smallest absolute Gasteiger partial charge is 0.197 e. The van der Waals surface area contributed by atoms with Crippen LogP contribution in [0.5, 0.6) is 0 Å². The number of pyridine rings is 1. The van der Waals surface area contributed by atoms with E-state index in [1.807, 2.05) is 48.7 Å². The van der Waals surface area contributed by atoms with Crippen LogP contribution in [0.1, 0.15) is 11.3 Å². The van der Waals surface area contributed by atoms with Crippen LogP contribution in [-0.2, 0) is 5.75 Å². The van der Waals surface area contributed by atoms with E-state index < -0.39 is 0 Å². The van der Waals surface area contributed by atoms with Gasteiger partial charge in [0.05, 0.1) is 11.2 Å². The second kappa shape index (κ2) is 7.05. The van der Waals surface area contributed by atoms with Crippen molar-refractivity contribution in [2.24, 2.45) is 0 Å². The maximum absolute atomic E-state index is 4.95. The largest absolute Gasteiger partial charge is 0.260 e. The van der Waals surface area contributed by atoms with Crippen LogP contribution in [0.2, 0.25) is 0 Å². The SMILES string of the molecule is Cc1ccc(-c2nc3ccccc3c3nnc(SCc4ccccn4)n23)cc1. The minimum atomic E-state index is 0.724. The molecule has 5 nitrogen and oxygen atoms in total. The number of benzene rings is 2. The Kier molecular flexibility index (Phi) is 4.25. The van der Waals surface area contributed by atoms with E-state index in [0.29, 0.717) is 0 Å². The van der Waals surface area contributed by atoms with Gasteiger partial charge in [-0.05, 0) is 31.2 Å². The highest BCUT2D eigenvalue weighted by Gasteiger charge is 2.16. The van der Waals surface area contributed by atoms with E-state index >= 15 is 0 Å². The molecule has 3 aromatic heterocycles. The number of fused-ring (bicyclic) bond motifs is 3. The summed E-state index contributed by atoms with van der Waals surface area (Å²) in [5.74, 6) is 1.57. The molecule has 136 valence electrons. The topological polar surface area (TPSA) is 56.0 Å². The summed E-state index contributed by atoms with van der Waals surface area (Å²) in [6.45, 7) is 2.08. The van der Waals surface area contributed by atoms with Gasteiger partial charge in [0.1, 0.15) is 5.82 Å². The maximum Gasteiger partial charge on any atom is 0.197 e. The molecule has 0 aliphatic heterocycles. The van der Waals surface area contributed by atoms with Gasteiger partial charge in [-0.15, -0.1) is 10.2 Å². The Morgan fingerprint density at radius 2 is 1.71 bits per heavy atom. The lowest BCUT2D eigenvalue weighted by molar-refractivity contribution is 0.912. The first-order valence-electron chi connectivity index (χ1n) is 9.03. The molecule has 28 heavy (non-hydrogen) atoms. The van der Waals surface area contributed by atoms with E-state index in [0.717, 1.165) is 44.5 Å². The number of aromatic nitrogens is 5. The van der Waals surface area contributed by atoms with E-state index in [4.69, 9.17) is 4.98 Å². The van der Waals surface area contributed by atoms with E-state index in [1.165, 1.54) is 5.56 Å². The summed E-state index contributed by atoms with van der Waals surface area (Å²) in [6.07, 6.45) is 1.81. The molecule has 0 fully saturated rings. The van der Waals surface area contributed by atoms with Crippen LogP contribution < -0.4 is 0 Å². The third-order valence-electron chi connectivity index (χ3n) is 4.60. The van der Waals surface area contributed by atoms with E-state index in [1.54, 1.807) is 11.8 Å². The first kappa shape index (κ1) is 16.9. The Labute approximate surface area is 166 Å². The minimum Gasteiger partial charge on any atom is -0.260 e. The van der Waals surface area contributed by atoms with Crippen molar-refractivity contribution in [3.05, 3.63) is 84.2 Å². The quantitative estimate of drug-likeness (QED) is 0.412. The predicted molar refractivity (Wildman–Crippen MR) is 112 cm³/mol. The zero-order valence-electron chi connectivity index (χ0n) is 15.3. The minimum absolute atomic E-state index is 0.724. The molecule has 5 rings (SSSR count). The van der Waals surface area contributed by atoms with Crippen molar-refractivity contribution < 1.29 is 0 Å². The zero-order chi connectivity index (χ0) is 18.9. The number of hydrogen-bond donors (Lipinski definition) is 0. The molecule has 0 N–H and O–H groups in total. The van der Waals surface area contributed by atoms with Gasteiger partial charge in [-0.2, -0.15) is 0 Å². The third kappa shape index (κ3) is 3.01. The molecule has 0 unspecified atom stereocenters. The molecule has 0 spiro atoms. The van der Waals surface area contributed by atoms with E-state index in [9.17, 15) is 0 Å². The summed E-state index contributed by atoms with van der Waals surface area (Å²) >= 11 is 1.62. The highest BCUT2D eigenvalue weighted by atomic mass is 32.2. The summed E-state index contributed by atoms with van der Waals surface area (Å²) in [5.41, 5.74) is 5.01. The Bertz CT molecular complexity index is 1260. The molecular weight excluding hydrogens is 366 g/mol. The van der Waals surface area contributed by atoms with Gasteiger partial charge in [0, 0.05) is 22.9 Å². The van der Waals surface area contributed by atoms with Crippen molar-refractivity contribution in [1.29, 1.82) is 0 Å². The number of aryl methyl sites for hydroxylation is 1. The second-order valence-corrected chi connectivity index (χ2v) is 7.51. The molecule has 0 bridgehead atoms. The predicted octanol–water partition coefficient (Wildman–Crippen LogP) is 4.94. The van der Waals surface area contributed by atoms with Gasteiger partial charge in [-0.25, -0.2) is 4.98 Å². The van der Waals surface area contributed by atoms with Gasteiger partial charge in [0.15, 0.2) is 10.8 Å². The summed E-state index contributed by atoms with van der Waals surface area (Å²) in [6, 6.07) is 22.4. The Morgan fingerprint density at radius 1 is 0.893 bits per heavy atom. The second-order valence-electron chi connectivity index (χ2n) is 6.57. The van der Waals surface area contributed by atoms with Crippen molar-refractivity contribution >= 4 is 28.3 Å². The number of thioether (sulfide) groups is 1. The van der Waals surface area contributed by atoms with Crippen molar-refractivity contribution in [1.82, 2.24) is 24.6 Å². The first-order valence-corrected chi connectivity index (χ1v) is 10.0. The van der Waals surface area contributed by atoms with Crippen molar-refractivity contribution in [2.75, 3.05) is 0 Å². The molecule has 2 aromatic carbocycles. The monoisotopic (exact) mass is 383 g/mol. The van der Waals surface area contributed by atoms with Crippen LogP contribution in [0.4, 0.5) is 0 Å². The summed E-state index contributed by atoms with van der Waals surface area (Å²) in [5, 5.41) is 10.8. The van der Waals surface area contributed by atoms with Crippen LogP contribution in [0.3, 0.4) is 0 Å². The standard InChI is InChI=1S/C22H17N5S/c1-15-9-11-16(12-10-15)20-24-19-8-3-2-7-18(19)21-25-26-22(27(20)21)28-14-17-6-4-5-13-23-17/h2-13H,14H2,1H3. The Morgan fingerprint density at radius 3 is 2.54 bits per heavy atom. The maximum atomic E-state index is 4.95. The number of rotatable bonds is 4. The lowest BCUT2D eigenvalue weighted by atomic mass is 10.1. The van der Waals surface area contributed by atoms with Crippen LogP contribution in [-0.4, -0.2) is 24.6 Å². The summed E-state index contributed by atoms with van der Waals surface area (Å²) in [7, 11) is 0. The van der Waals surface area contributed by atoms with Crippen LogP contribution in [0.25, 0.3) is 27.9 Å². The normalized spacial score (nSPS) is 11.3. The highest BCUT2D eigenvalue weighted by Crippen LogP contribution is 2.30. The molecule has 0 saturated carbocycles. The van der Waals surface area contributed by atoms with E-state index in [-0.39, 0.29) is 0 Å². The molecular formula is C22H17N5S. The molecule has 0 radical (unpaired) electrons. The molecule has 6 heteroatoms. The van der Waals surface area contributed by atoms with Gasteiger partial charge in [0.25, 0.3) is 0 Å². The molecule has 0 aliphatic carbocycles. The molecule has 3 heterocycles. The fourth-order valence-corrected chi connectivity index (χ4v) is 4.02. The lowest BCUT2D eigenvalue weighted by Crippen LogP contribution is -1.99. The molecule has 5 aromatic rings. The van der Waals surface area contributed by atoms with Crippen LogP contribution in [0.15, 0.2) is 78.1 Å².